The molecular weight excluding hydrogens is 323 g/mol. The number of alkyl halides is 1. The van der Waals surface area contributed by atoms with Crippen LogP contribution in [0.1, 0.15) is 12.8 Å². The van der Waals surface area contributed by atoms with Crippen LogP contribution in [0.4, 0.5) is 4.39 Å². The predicted molar refractivity (Wildman–Crippen MR) is 92.5 cm³/mol. The second kappa shape index (κ2) is 9.54. The summed E-state index contributed by atoms with van der Waals surface area (Å²) < 4.78 is 35.1. The Balaban J connectivity index is 4.35. The van der Waals surface area contributed by atoms with E-state index in [0.717, 1.165) is 24.6 Å². The van der Waals surface area contributed by atoms with Gasteiger partial charge in [-0.2, -0.15) is 0 Å². The molecule has 0 aliphatic carbocycles. The Morgan fingerprint density at radius 1 is 0.714 bits per heavy atom. The monoisotopic (exact) mass is 356 g/mol. The van der Waals surface area contributed by atoms with Gasteiger partial charge in [-0.05, 0) is 51.1 Å². The van der Waals surface area contributed by atoms with Gasteiger partial charge in [-0.3, -0.25) is 4.39 Å². The van der Waals surface area contributed by atoms with Crippen molar-refractivity contribution >= 4 is 25.4 Å². The first-order valence-corrected chi connectivity index (χ1v) is 15.7. The van der Waals surface area contributed by atoms with E-state index in [4.69, 9.17) is 17.4 Å². The lowest BCUT2D eigenvalue weighted by Gasteiger charge is -2.34. The van der Waals surface area contributed by atoms with Gasteiger partial charge in [0.1, 0.15) is 0 Å². The van der Waals surface area contributed by atoms with Gasteiger partial charge < -0.3 is 17.4 Å². The van der Waals surface area contributed by atoms with Crippen molar-refractivity contribution in [3.05, 3.63) is 0 Å². The second-order valence-electron chi connectivity index (χ2n) is 6.56. The summed E-state index contributed by atoms with van der Waals surface area (Å²) in [5.74, 6) is 0. The van der Waals surface area contributed by atoms with Gasteiger partial charge in [0.05, 0.1) is 6.67 Å². The van der Waals surface area contributed by atoms with E-state index in [2.05, 4.69) is 26.2 Å². The molecule has 0 radical (unpaired) electrons. The molecule has 0 atom stereocenters. The van der Waals surface area contributed by atoms with Gasteiger partial charge in [-0.25, -0.2) is 0 Å². The van der Waals surface area contributed by atoms with Gasteiger partial charge in [0.25, 0.3) is 0 Å². The van der Waals surface area contributed by atoms with Gasteiger partial charge in [-0.15, -0.1) is 0 Å². The lowest BCUT2D eigenvalue weighted by molar-refractivity contribution is 0.123. The Labute approximate surface area is 132 Å². The molecule has 128 valence electrons. The average Bonchev–Trinajstić information content (AvgIpc) is 2.41. The van der Waals surface area contributed by atoms with E-state index >= 15 is 0 Å². The van der Waals surface area contributed by atoms with Gasteiger partial charge in [0.15, 0.2) is 16.6 Å². The smallest absolute Gasteiger partial charge is 0.455 e. The zero-order valence-electron chi connectivity index (χ0n) is 14.8. The Morgan fingerprint density at radius 2 is 1.14 bits per heavy atom. The maximum Gasteiger partial charge on any atom is 0.500 e. The highest BCUT2D eigenvalue weighted by Crippen LogP contribution is 2.26. The highest BCUT2D eigenvalue weighted by atomic mass is 28.4. The molecule has 0 aliphatic heterocycles. The molecule has 8 heteroatoms. The molecule has 0 aromatic heterocycles. The predicted octanol–water partition coefficient (Wildman–Crippen LogP) is 4.04. The van der Waals surface area contributed by atoms with Crippen molar-refractivity contribution < 1.29 is 21.8 Å². The molecule has 0 aromatic carbocycles. The fourth-order valence-electron chi connectivity index (χ4n) is 2.63. The van der Waals surface area contributed by atoms with Crippen molar-refractivity contribution in [3.63, 3.8) is 0 Å². The first kappa shape index (κ1) is 21.4. The molecule has 0 N–H and O–H groups in total. The van der Waals surface area contributed by atoms with Gasteiger partial charge >= 0.3 is 8.80 Å². The van der Waals surface area contributed by atoms with Crippen LogP contribution in [0, 0.1) is 0 Å². The minimum Gasteiger partial charge on any atom is -0.455 e. The number of halogens is 1. The average molecular weight is 357 g/mol. The van der Waals surface area contributed by atoms with E-state index in [1.54, 1.807) is 21.3 Å². The van der Waals surface area contributed by atoms with Crippen LogP contribution in [-0.4, -0.2) is 53.4 Å². The van der Waals surface area contributed by atoms with E-state index in [9.17, 15) is 4.39 Å². The summed E-state index contributed by atoms with van der Waals surface area (Å²) in [6, 6.07) is 2.75. The lowest BCUT2D eigenvalue weighted by atomic mass is 10.6. The highest BCUT2D eigenvalue weighted by Gasteiger charge is 2.39. The first-order valence-electron chi connectivity index (χ1n) is 7.57. The summed E-state index contributed by atoms with van der Waals surface area (Å²) >= 11 is 0. The maximum atomic E-state index is 12.3. The van der Waals surface area contributed by atoms with Gasteiger partial charge in [0, 0.05) is 27.4 Å². The Hall–Kier alpha value is 0.421. The van der Waals surface area contributed by atoms with Crippen LogP contribution in [0.15, 0.2) is 0 Å². The third kappa shape index (κ3) is 8.58. The summed E-state index contributed by atoms with van der Waals surface area (Å²) in [5.41, 5.74) is 0. The minimum atomic E-state index is -2.47. The number of rotatable bonds is 12. The van der Waals surface area contributed by atoms with Crippen molar-refractivity contribution in [2.24, 2.45) is 0 Å². The van der Waals surface area contributed by atoms with Crippen LogP contribution in [0.2, 0.25) is 44.3 Å². The van der Waals surface area contributed by atoms with Crippen molar-refractivity contribution in [2.45, 2.75) is 57.2 Å². The van der Waals surface area contributed by atoms with Crippen molar-refractivity contribution in [1.82, 2.24) is 0 Å². The molecule has 21 heavy (non-hydrogen) atoms. The summed E-state index contributed by atoms with van der Waals surface area (Å²) in [5, 5.41) is 0. The molecule has 0 amide bonds. The highest BCUT2D eigenvalue weighted by molar-refractivity contribution is 6.84. The first-order chi connectivity index (χ1) is 9.66. The molecule has 0 unspecified atom stereocenters. The Bertz CT molecular complexity index is 278. The third-order valence-corrected chi connectivity index (χ3v) is 14.0. The topological polar surface area (TPSA) is 36.9 Å². The second-order valence-corrected chi connectivity index (χ2v) is 18.5. The van der Waals surface area contributed by atoms with Crippen LogP contribution in [-0.2, 0) is 17.4 Å². The Morgan fingerprint density at radius 3 is 1.52 bits per heavy atom. The van der Waals surface area contributed by atoms with E-state index in [1.165, 1.54) is 0 Å². The molecule has 0 aliphatic rings. The Kier molecular flexibility index (Phi) is 9.73. The molecule has 0 spiro atoms. The number of hydrogen-bond donors (Lipinski definition) is 0. The minimum absolute atomic E-state index is 0.245. The SMILES string of the molecule is CO[Si](CCC[Si](C)(C)O[Si](C)(C)CCCF)(OC)OC. The molecule has 0 bridgehead atoms. The lowest BCUT2D eigenvalue weighted by Crippen LogP contribution is -2.45. The summed E-state index contributed by atoms with van der Waals surface area (Å²) in [6.07, 6.45) is 1.60. The molecule has 0 heterocycles. The van der Waals surface area contributed by atoms with Crippen molar-refractivity contribution in [3.8, 4) is 0 Å². The number of hydrogen-bond acceptors (Lipinski definition) is 4. The largest absolute Gasteiger partial charge is 0.500 e. The molecule has 0 aromatic rings. The zero-order chi connectivity index (χ0) is 16.6. The van der Waals surface area contributed by atoms with Crippen LogP contribution in [0.5, 0.6) is 0 Å². The van der Waals surface area contributed by atoms with Crippen LogP contribution in [0.25, 0.3) is 0 Å². The van der Waals surface area contributed by atoms with Gasteiger partial charge in [-0.1, -0.05) is 0 Å². The van der Waals surface area contributed by atoms with E-state index in [-0.39, 0.29) is 6.67 Å². The van der Waals surface area contributed by atoms with Crippen LogP contribution < -0.4 is 0 Å². The molecule has 4 nitrogen and oxygen atoms in total. The zero-order valence-corrected chi connectivity index (χ0v) is 17.8. The third-order valence-electron chi connectivity index (χ3n) is 3.66. The fraction of sp³-hybridized carbons (Fsp3) is 1.00. The fourth-order valence-corrected chi connectivity index (χ4v) is 13.5. The summed E-state index contributed by atoms with van der Waals surface area (Å²) in [6.45, 7) is 8.62. The summed E-state index contributed by atoms with van der Waals surface area (Å²) in [7, 11) is -1.01. The van der Waals surface area contributed by atoms with E-state index < -0.39 is 25.4 Å². The van der Waals surface area contributed by atoms with Crippen molar-refractivity contribution in [2.75, 3.05) is 28.0 Å². The van der Waals surface area contributed by atoms with E-state index in [0.29, 0.717) is 6.42 Å². The molecule has 0 fully saturated rings. The van der Waals surface area contributed by atoms with E-state index in [1.807, 2.05) is 0 Å². The van der Waals surface area contributed by atoms with Gasteiger partial charge in [0.2, 0.25) is 0 Å². The quantitative estimate of drug-likeness (QED) is 0.495. The molecule has 0 saturated carbocycles. The van der Waals surface area contributed by atoms with Crippen LogP contribution in [0.3, 0.4) is 0 Å². The maximum absolute atomic E-state index is 12.3. The normalized spacial score (nSPS) is 13.7. The summed E-state index contributed by atoms with van der Waals surface area (Å²) in [4.78, 5) is 0. The molecule has 0 saturated heterocycles. The molecule has 0 rings (SSSR count). The van der Waals surface area contributed by atoms with Crippen LogP contribution >= 0.6 is 0 Å². The molecular formula is C13H33FO4Si3. The standard InChI is InChI=1S/C13H33FO4Si3/c1-15-21(16-2,17-3)13-9-12-20(6,7)18-19(4,5)11-8-10-14/h8-13H2,1-7H3. The van der Waals surface area contributed by atoms with Crippen molar-refractivity contribution in [1.29, 1.82) is 0 Å².